The molecule has 0 aliphatic carbocycles. The first-order chi connectivity index (χ1) is 13.1. The number of halogens is 1. The predicted molar refractivity (Wildman–Crippen MR) is 95.7 cm³/mol. The Morgan fingerprint density at radius 3 is 2.56 bits per heavy atom. The Kier molecular flexibility index (Phi) is 4.17. The average molecular weight is 363 g/mol. The number of carbonyl (C=O) groups excluding carboxylic acids is 1. The van der Waals surface area contributed by atoms with Crippen molar-refractivity contribution in [3.05, 3.63) is 73.0 Å². The molecule has 1 amide bonds. The predicted octanol–water partition coefficient (Wildman–Crippen LogP) is 2.45. The monoisotopic (exact) mass is 363 g/mol. The van der Waals surface area contributed by atoms with Gasteiger partial charge in [-0.05, 0) is 30.3 Å². The van der Waals surface area contributed by atoms with E-state index in [9.17, 15) is 9.18 Å². The van der Waals surface area contributed by atoms with Gasteiger partial charge in [-0.15, -0.1) is 0 Å². The van der Waals surface area contributed by atoms with Gasteiger partial charge >= 0.3 is 0 Å². The average Bonchev–Trinajstić information content (AvgIpc) is 3.33. The summed E-state index contributed by atoms with van der Waals surface area (Å²) in [5.41, 5.74) is 2.11. The maximum Gasteiger partial charge on any atom is 0.274 e. The Hall–Kier alpha value is -3.88. The lowest BCUT2D eigenvalue weighted by molar-refractivity contribution is 0.101. The molecule has 0 radical (unpaired) electrons. The summed E-state index contributed by atoms with van der Waals surface area (Å²) >= 11 is 0. The van der Waals surface area contributed by atoms with Crippen LogP contribution in [0.4, 0.5) is 10.1 Å². The largest absolute Gasteiger partial charge is 0.318 e. The van der Waals surface area contributed by atoms with E-state index in [1.807, 2.05) is 0 Å². The summed E-state index contributed by atoms with van der Waals surface area (Å²) in [6.45, 7) is 0. The number of aryl methyl sites for hydroxylation is 1. The van der Waals surface area contributed by atoms with Gasteiger partial charge in [0.1, 0.15) is 17.8 Å². The SMILES string of the molecule is Cn1nc(-c2ccc(F)cc2)cc1C(=O)Nc1cnc(-n2ccnc2)nc1. The van der Waals surface area contributed by atoms with Gasteiger partial charge < -0.3 is 5.32 Å². The van der Waals surface area contributed by atoms with Crippen molar-refractivity contribution in [1.82, 2.24) is 29.3 Å². The number of nitrogens with one attached hydrogen (secondary N) is 1. The molecule has 8 nitrogen and oxygen atoms in total. The van der Waals surface area contributed by atoms with E-state index in [1.54, 1.807) is 48.5 Å². The molecule has 9 heteroatoms. The molecule has 0 saturated heterocycles. The molecule has 0 spiro atoms. The van der Waals surface area contributed by atoms with Gasteiger partial charge in [-0.1, -0.05) is 0 Å². The normalized spacial score (nSPS) is 10.7. The summed E-state index contributed by atoms with van der Waals surface area (Å²) in [5, 5.41) is 7.05. The highest BCUT2D eigenvalue weighted by molar-refractivity contribution is 6.03. The van der Waals surface area contributed by atoms with Crippen LogP contribution in [0.15, 0.2) is 61.4 Å². The first-order valence-electron chi connectivity index (χ1n) is 8.02. The second-order valence-electron chi connectivity index (χ2n) is 5.74. The Morgan fingerprint density at radius 2 is 1.89 bits per heavy atom. The first kappa shape index (κ1) is 16.6. The summed E-state index contributed by atoms with van der Waals surface area (Å²) in [6, 6.07) is 7.57. The maximum atomic E-state index is 13.1. The number of aromatic nitrogens is 6. The third-order valence-electron chi connectivity index (χ3n) is 3.88. The highest BCUT2D eigenvalue weighted by Crippen LogP contribution is 2.20. The molecule has 134 valence electrons. The number of imidazole rings is 1. The number of amides is 1. The Balaban J connectivity index is 1.52. The maximum absolute atomic E-state index is 13.1. The Morgan fingerprint density at radius 1 is 1.15 bits per heavy atom. The van der Waals surface area contributed by atoms with Crippen molar-refractivity contribution in [2.24, 2.45) is 7.05 Å². The van der Waals surface area contributed by atoms with Crippen molar-refractivity contribution in [3.8, 4) is 17.2 Å². The quantitative estimate of drug-likeness (QED) is 0.601. The Bertz CT molecular complexity index is 1070. The zero-order valence-corrected chi connectivity index (χ0v) is 14.2. The molecular weight excluding hydrogens is 349 g/mol. The van der Waals surface area contributed by atoms with Gasteiger partial charge in [0, 0.05) is 25.0 Å². The highest BCUT2D eigenvalue weighted by Gasteiger charge is 2.15. The summed E-state index contributed by atoms with van der Waals surface area (Å²) in [7, 11) is 1.67. The van der Waals surface area contributed by atoms with E-state index >= 15 is 0 Å². The van der Waals surface area contributed by atoms with Crippen molar-refractivity contribution in [2.45, 2.75) is 0 Å². The van der Waals surface area contributed by atoms with Crippen LogP contribution in [0, 0.1) is 5.82 Å². The highest BCUT2D eigenvalue weighted by atomic mass is 19.1. The molecule has 3 aromatic heterocycles. The topological polar surface area (TPSA) is 90.5 Å². The van der Waals surface area contributed by atoms with Crippen LogP contribution in [-0.2, 0) is 7.05 Å². The van der Waals surface area contributed by atoms with Gasteiger partial charge in [0.2, 0.25) is 5.95 Å². The van der Waals surface area contributed by atoms with Crippen LogP contribution in [0.3, 0.4) is 0 Å². The van der Waals surface area contributed by atoms with Crippen molar-refractivity contribution in [3.63, 3.8) is 0 Å². The summed E-state index contributed by atoms with van der Waals surface area (Å²) < 4.78 is 16.2. The number of hydrogen-bond acceptors (Lipinski definition) is 5. The van der Waals surface area contributed by atoms with Crippen LogP contribution in [0.5, 0.6) is 0 Å². The number of carbonyl (C=O) groups is 1. The molecule has 4 aromatic rings. The van der Waals surface area contributed by atoms with E-state index in [0.29, 0.717) is 23.0 Å². The van der Waals surface area contributed by atoms with E-state index in [-0.39, 0.29) is 11.7 Å². The van der Waals surface area contributed by atoms with E-state index in [2.05, 4.69) is 25.4 Å². The fraction of sp³-hybridized carbons (Fsp3) is 0.0556. The molecule has 0 aliphatic rings. The van der Waals surface area contributed by atoms with Crippen LogP contribution in [-0.4, -0.2) is 35.2 Å². The van der Waals surface area contributed by atoms with E-state index in [1.165, 1.54) is 29.2 Å². The van der Waals surface area contributed by atoms with Crippen LogP contribution >= 0.6 is 0 Å². The minimum Gasteiger partial charge on any atom is -0.318 e. The van der Waals surface area contributed by atoms with Crippen molar-refractivity contribution < 1.29 is 9.18 Å². The molecule has 4 rings (SSSR count). The molecule has 0 aliphatic heterocycles. The number of rotatable bonds is 4. The van der Waals surface area contributed by atoms with Crippen LogP contribution in [0.1, 0.15) is 10.5 Å². The zero-order chi connectivity index (χ0) is 18.8. The van der Waals surface area contributed by atoms with E-state index < -0.39 is 0 Å². The molecule has 0 saturated carbocycles. The summed E-state index contributed by atoms with van der Waals surface area (Å²) in [4.78, 5) is 24.9. The minimum absolute atomic E-state index is 0.327. The lowest BCUT2D eigenvalue weighted by Crippen LogP contribution is -2.16. The molecular formula is C18H14FN7O. The minimum atomic E-state index is -0.350. The lowest BCUT2D eigenvalue weighted by Gasteiger charge is -2.05. The lowest BCUT2D eigenvalue weighted by atomic mass is 10.1. The molecule has 0 fully saturated rings. The smallest absolute Gasteiger partial charge is 0.274 e. The third-order valence-corrected chi connectivity index (χ3v) is 3.88. The standard InChI is InChI=1S/C18H14FN7O/c1-25-16(8-15(24-25)12-2-4-13(19)5-3-12)17(27)23-14-9-21-18(22-10-14)26-7-6-20-11-26/h2-11H,1H3,(H,23,27). The number of benzene rings is 1. The molecule has 0 atom stereocenters. The van der Waals surface area contributed by atoms with Gasteiger partial charge in [-0.25, -0.2) is 19.3 Å². The fourth-order valence-electron chi connectivity index (χ4n) is 2.53. The second-order valence-corrected chi connectivity index (χ2v) is 5.74. The molecule has 1 aromatic carbocycles. The number of anilines is 1. The van der Waals surface area contributed by atoms with Crippen LogP contribution in [0.2, 0.25) is 0 Å². The van der Waals surface area contributed by atoms with Gasteiger partial charge in [-0.3, -0.25) is 14.0 Å². The molecule has 27 heavy (non-hydrogen) atoms. The van der Waals surface area contributed by atoms with Crippen LogP contribution < -0.4 is 5.32 Å². The number of hydrogen-bond donors (Lipinski definition) is 1. The van der Waals surface area contributed by atoms with Crippen LogP contribution in [0.25, 0.3) is 17.2 Å². The van der Waals surface area contributed by atoms with E-state index in [4.69, 9.17) is 0 Å². The van der Waals surface area contributed by atoms with Gasteiger partial charge in [0.05, 0.1) is 23.8 Å². The summed E-state index contributed by atoms with van der Waals surface area (Å²) in [6.07, 6.45) is 7.95. The van der Waals surface area contributed by atoms with Crippen molar-refractivity contribution in [1.29, 1.82) is 0 Å². The van der Waals surface area contributed by atoms with Gasteiger partial charge in [0.25, 0.3) is 5.91 Å². The molecule has 3 heterocycles. The molecule has 0 bridgehead atoms. The fourth-order valence-corrected chi connectivity index (χ4v) is 2.53. The van der Waals surface area contributed by atoms with Gasteiger partial charge in [0.15, 0.2) is 0 Å². The Labute approximate surface area is 153 Å². The molecule has 0 unspecified atom stereocenters. The van der Waals surface area contributed by atoms with Crippen molar-refractivity contribution >= 4 is 11.6 Å². The van der Waals surface area contributed by atoms with Crippen molar-refractivity contribution in [2.75, 3.05) is 5.32 Å². The first-order valence-corrected chi connectivity index (χ1v) is 8.02. The summed E-state index contributed by atoms with van der Waals surface area (Å²) in [5.74, 6) is -0.228. The molecule has 1 N–H and O–H groups in total. The number of nitrogens with zero attached hydrogens (tertiary/aromatic N) is 6. The van der Waals surface area contributed by atoms with Gasteiger partial charge in [-0.2, -0.15) is 5.10 Å². The third kappa shape index (κ3) is 3.43. The van der Waals surface area contributed by atoms with E-state index in [0.717, 1.165) is 5.56 Å². The second kappa shape index (κ2) is 6.79. The zero-order valence-electron chi connectivity index (χ0n) is 14.2.